The van der Waals surface area contributed by atoms with Gasteiger partial charge >= 0.3 is 0 Å². The quantitative estimate of drug-likeness (QED) is 0.364. The molecule has 1 amide bonds. The summed E-state index contributed by atoms with van der Waals surface area (Å²) in [5, 5.41) is 3.80. The minimum absolute atomic E-state index is 0.273. The normalized spacial score (nSPS) is 12.3. The first kappa shape index (κ1) is 26.0. The highest BCUT2D eigenvalue weighted by atomic mass is 16.5. The minimum Gasteiger partial charge on any atom is -0.497 e. The van der Waals surface area contributed by atoms with Gasteiger partial charge in [0.1, 0.15) is 17.5 Å². The molecule has 37 heavy (non-hydrogen) atoms. The van der Waals surface area contributed by atoms with E-state index >= 15 is 0 Å². The number of fused-ring (bicyclic) bond motifs is 1. The second-order valence-electron chi connectivity index (χ2n) is 10.4. The number of hydrogen-bond donors (Lipinski definition) is 1. The third kappa shape index (κ3) is 5.38. The van der Waals surface area contributed by atoms with E-state index in [0.717, 1.165) is 27.6 Å². The Labute approximate surface area is 217 Å². The molecule has 0 fully saturated rings. The fraction of sp³-hybridized carbons (Fsp3) is 0.290. The standard InChI is InChI=1S/C31H34N2O4/c1-19-8-12-21(13-9-19)24-18-27(34)33(25-16-23(36-6)17-26(37-7)28(24)25)29(30(35)32-31(3,4)5)22-14-10-20(2)11-15-22/h8-18,29H,1-7H3,(H,32,35). The van der Waals surface area contributed by atoms with Gasteiger partial charge in [-0.05, 0) is 45.7 Å². The van der Waals surface area contributed by atoms with Crippen molar-refractivity contribution in [2.75, 3.05) is 14.2 Å². The fourth-order valence-electron chi connectivity index (χ4n) is 4.53. The van der Waals surface area contributed by atoms with E-state index in [1.165, 1.54) is 0 Å². The summed E-state index contributed by atoms with van der Waals surface area (Å²) in [6.07, 6.45) is 0. The van der Waals surface area contributed by atoms with E-state index in [9.17, 15) is 9.59 Å². The number of hydrogen-bond acceptors (Lipinski definition) is 4. The van der Waals surface area contributed by atoms with Gasteiger partial charge in [-0.25, -0.2) is 0 Å². The number of aromatic nitrogens is 1. The molecule has 1 aromatic heterocycles. The molecule has 192 valence electrons. The third-order valence-electron chi connectivity index (χ3n) is 6.31. The molecule has 0 bridgehead atoms. The molecule has 0 saturated carbocycles. The number of amides is 1. The van der Waals surface area contributed by atoms with Crippen LogP contribution in [0.3, 0.4) is 0 Å². The summed E-state index contributed by atoms with van der Waals surface area (Å²) in [6, 6.07) is 20.0. The summed E-state index contributed by atoms with van der Waals surface area (Å²) >= 11 is 0. The molecule has 1 heterocycles. The van der Waals surface area contributed by atoms with Gasteiger partial charge in [0, 0.05) is 34.7 Å². The van der Waals surface area contributed by atoms with E-state index in [-0.39, 0.29) is 11.5 Å². The number of nitrogens with zero attached hydrogens (tertiary/aromatic N) is 1. The molecule has 0 aliphatic rings. The Morgan fingerprint density at radius 2 is 1.46 bits per heavy atom. The highest BCUT2D eigenvalue weighted by Gasteiger charge is 2.30. The molecule has 0 spiro atoms. The predicted molar refractivity (Wildman–Crippen MR) is 149 cm³/mol. The van der Waals surface area contributed by atoms with Gasteiger partial charge in [0.15, 0.2) is 0 Å². The molecule has 0 radical (unpaired) electrons. The van der Waals surface area contributed by atoms with Crippen LogP contribution in [0.1, 0.15) is 43.5 Å². The van der Waals surface area contributed by atoms with Gasteiger partial charge in [-0.3, -0.25) is 14.2 Å². The maximum Gasteiger partial charge on any atom is 0.252 e. The average Bonchev–Trinajstić information content (AvgIpc) is 2.85. The van der Waals surface area contributed by atoms with Gasteiger partial charge in [-0.15, -0.1) is 0 Å². The zero-order valence-electron chi connectivity index (χ0n) is 22.5. The Morgan fingerprint density at radius 1 is 0.865 bits per heavy atom. The highest BCUT2D eigenvalue weighted by Crippen LogP contribution is 2.39. The van der Waals surface area contributed by atoms with Crippen LogP contribution in [-0.2, 0) is 4.79 Å². The van der Waals surface area contributed by atoms with Crippen LogP contribution < -0.4 is 20.3 Å². The Kier molecular flexibility index (Phi) is 7.12. The number of ether oxygens (including phenoxy) is 2. The van der Waals surface area contributed by atoms with E-state index in [4.69, 9.17) is 9.47 Å². The number of aryl methyl sites for hydroxylation is 2. The summed E-state index contributed by atoms with van der Waals surface area (Å²) in [5.41, 5.74) is 4.27. The maximum absolute atomic E-state index is 13.9. The monoisotopic (exact) mass is 498 g/mol. The van der Waals surface area contributed by atoms with Crippen molar-refractivity contribution in [2.45, 2.75) is 46.2 Å². The van der Waals surface area contributed by atoms with Crippen molar-refractivity contribution >= 4 is 16.8 Å². The van der Waals surface area contributed by atoms with Crippen molar-refractivity contribution in [3.05, 3.63) is 93.8 Å². The lowest BCUT2D eigenvalue weighted by molar-refractivity contribution is -0.124. The van der Waals surface area contributed by atoms with E-state index in [2.05, 4.69) is 5.32 Å². The molecule has 6 nitrogen and oxygen atoms in total. The molecule has 3 aromatic carbocycles. The summed E-state index contributed by atoms with van der Waals surface area (Å²) in [6.45, 7) is 9.77. The number of carbonyl (C=O) groups is 1. The first-order valence-electron chi connectivity index (χ1n) is 12.3. The smallest absolute Gasteiger partial charge is 0.252 e. The van der Waals surface area contributed by atoms with Gasteiger partial charge < -0.3 is 14.8 Å². The predicted octanol–water partition coefficient (Wildman–Crippen LogP) is 5.81. The molecule has 1 N–H and O–H groups in total. The van der Waals surface area contributed by atoms with Crippen molar-refractivity contribution in [2.24, 2.45) is 0 Å². The number of benzene rings is 3. The average molecular weight is 499 g/mol. The van der Waals surface area contributed by atoms with Crippen molar-refractivity contribution in [3.63, 3.8) is 0 Å². The zero-order chi connectivity index (χ0) is 26.9. The van der Waals surface area contributed by atoms with Gasteiger partial charge in [0.05, 0.1) is 19.7 Å². The Hall–Kier alpha value is -4.06. The van der Waals surface area contributed by atoms with Gasteiger partial charge in [-0.2, -0.15) is 0 Å². The lowest BCUT2D eigenvalue weighted by Gasteiger charge is -2.28. The van der Waals surface area contributed by atoms with Gasteiger partial charge in [0.2, 0.25) is 5.91 Å². The summed E-state index contributed by atoms with van der Waals surface area (Å²) < 4.78 is 12.9. The molecule has 1 atom stereocenters. The van der Waals surface area contributed by atoms with Crippen LogP contribution in [0.15, 0.2) is 71.5 Å². The molecule has 4 rings (SSSR count). The zero-order valence-corrected chi connectivity index (χ0v) is 22.5. The number of methoxy groups -OCH3 is 2. The van der Waals surface area contributed by atoms with Crippen molar-refractivity contribution in [3.8, 4) is 22.6 Å². The number of carbonyl (C=O) groups excluding carboxylic acids is 1. The molecule has 0 saturated heterocycles. The first-order chi connectivity index (χ1) is 17.5. The topological polar surface area (TPSA) is 69.6 Å². The fourth-order valence-corrected chi connectivity index (χ4v) is 4.53. The lowest BCUT2D eigenvalue weighted by Crippen LogP contribution is -2.46. The molecule has 1 unspecified atom stereocenters. The first-order valence-corrected chi connectivity index (χ1v) is 12.3. The van der Waals surface area contributed by atoms with E-state index in [0.29, 0.717) is 22.6 Å². The molecule has 0 aliphatic heterocycles. The van der Waals surface area contributed by atoms with Crippen LogP contribution in [0.5, 0.6) is 11.5 Å². The van der Waals surface area contributed by atoms with Crippen LogP contribution >= 0.6 is 0 Å². The number of nitrogens with one attached hydrogen (secondary N) is 1. The van der Waals surface area contributed by atoms with Crippen LogP contribution in [0.25, 0.3) is 22.0 Å². The maximum atomic E-state index is 13.9. The number of pyridine rings is 1. The van der Waals surface area contributed by atoms with Crippen molar-refractivity contribution in [1.29, 1.82) is 0 Å². The molecule has 4 aromatic rings. The molecular weight excluding hydrogens is 464 g/mol. The molecule has 6 heteroatoms. The molecule has 0 aliphatic carbocycles. The summed E-state index contributed by atoms with van der Waals surface area (Å²) in [5.74, 6) is 0.805. The van der Waals surface area contributed by atoms with Crippen molar-refractivity contribution < 1.29 is 14.3 Å². The highest BCUT2D eigenvalue weighted by molar-refractivity contribution is 6.01. The van der Waals surface area contributed by atoms with E-state index in [1.807, 2.05) is 83.1 Å². The van der Waals surface area contributed by atoms with Gasteiger partial charge in [-0.1, -0.05) is 59.7 Å². The summed E-state index contributed by atoms with van der Waals surface area (Å²) in [4.78, 5) is 27.8. The van der Waals surface area contributed by atoms with Gasteiger partial charge in [0.25, 0.3) is 5.56 Å². The largest absolute Gasteiger partial charge is 0.497 e. The Balaban J connectivity index is 2.11. The van der Waals surface area contributed by atoms with Crippen LogP contribution in [-0.4, -0.2) is 30.2 Å². The van der Waals surface area contributed by atoms with Crippen LogP contribution in [0.4, 0.5) is 0 Å². The SMILES string of the molecule is COc1cc(OC)c2c(-c3ccc(C)cc3)cc(=O)n(C(C(=O)NC(C)(C)C)c3ccc(C)cc3)c2c1. The second kappa shape index (κ2) is 10.1. The minimum atomic E-state index is -0.904. The van der Waals surface area contributed by atoms with E-state index in [1.54, 1.807) is 37.0 Å². The van der Waals surface area contributed by atoms with Crippen LogP contribution in [0, 0.1) is 13.8 Å². The Bertz CT molecular complexity index is 1490. The van der Waals surface area contributed by atoms with E-state index < -0.39 is 11.6 Å². The third-order valence-corrected chi connectivity index (χ3v) is 6.31. The second-order valence-corrected chi connectivity index (χ2v) is 10.4. The Morgan fingerprint density at radius 3 is 2.00 bits per heavy atom. The summed E-state index contributed by atoms with van der Waals surface area (Å²) in [7, 11) is 3.16. The number of rotatable bonds is 6. The molecular formula is C31H34N2O4. The lowest BCUT2D eigenvalue weighted by atomic mass is 9.97. The van der Waals surface area contributed by atoms with Crippen molar-refractivity contribution in [1.82, 2.24) is 9.88 Å². The van der Waals surface area contributed by atoms with Crippen LogP contribution in [0.2, 0.25) is 0 Å².